The Morgan fingerprint density at radius 3 is 2.88 bits per heavy atom. The van der Waals surface area contributed by atoms with Crippen molar-refractivity contribution in [3.8, 4) is 0 Å². The fourth-order valence-corrected chi connectivity index (χ4v) is 1.94. The van der Waals surface area contributed by atoms with Crippen molar-refractivity contribution < 1.29 is 0 Å². The molecule has 1 aromatic heterocycles. The van der Waals surface area contributed by atoms with Crippen molar-refractivity contribution in [3.63, 3.8) is 0 Å². The van der Waals surface area contributed by atoms with Crippen molar-refractivity contribution in [1.82, 2.24) is 9.55 Å². The van der Waals surface area contributed by atoms with Crippen molar-refractivity contribution in [1.29, 1.82) is 0 Å². The van der Waals surface area contributed by atoms with Crippen LogP contribution in [0.5, 0.6) is 0 Å². The summed E-state index contributed by atoms with van der Waals surface area (Å²) in [6.45, 7) is 0.769. The average molecular weight is 270 g/mol. The highest BCUT2D eigenvalue weighted by atomic mass is 35.5. The Morgan fingerprint density at radius 2 is 2.18 bits per heavy atom. The summed E-state index contributed by atoms with van der Waals surface area (Å²) in [5, 5.41) is 4.60. The molecule has 0 spiro atoms. The largest absolute Gasteiger partial charge is 0.383 e. The molecule has 0 saturated carbocycles. The van der Waals surface area contributed by atoms with Gasteiger partial charge in [-0.25, -0.2) is 4.98 Å². The van der Waals surface area contributed by atoms with Crippen LogP contribution in [0, 0.1) is 0 Å². The summed E-state index contributed by atoms with van der Waals surface area (Å²) in [5.74, 6) is 1.04. The van der Waals surface area contributed by atoms with Crippen LogP contribution in [0.3, 0.4) is 0 Å². The van der Waals surface area contributed by atoms with Crippen molar-refractivity contribution >= 4 is 28.9 Å². The number of benzene rings is 1. The maximum atomic E-state index is 6.05. The quantitative estimate of drug-likeness (QED) is 0.923. The number of aromatic nitrogens is 2. The molecular weight excluding hydrogens is 257 g/mol. The third-order valence-corrected chi connectivity index (χ3v) is 3.08. The second kappa shape index (κ2) is 5.43. The zero-order valence-corrected chi connectivity index (χ0v) is 11.0. The number of nitrogens with one attached hydrogen (secondary N) is 1. The summed E-state index contributed by atoms with van der Waals surface area (Å²) in [4.78, 5) is 4.25. The number of aryl methyl sites for hydroxylation is 1. The van der Waals surface area contributed by atoms with Crippen molar-refractivity contribution in [2.24, 2.45) is 7.05 Å². The molecule has 3 nitrogen and oxygen atoms in total. The summed E-state index contributed by atoms with van der Waals surface area (Å²) >= 11 is 12.0. The van der Waals surface area contributed by atoms with Crippen LogP contribution in [-0.2, 0) is 13.5 Å². The average Bonchev–Trinajstić information content (AvgIpc) is 2.70. The Bertz CT molecular complexity index is 508. The Morgan fingerprint density at radius 1 is 1.35 bits per heavy atom. The van der Waals surface area contributed by atoms with Gasteiger partial charge in [-0.15, -0.1) is 0 Å². The summed E-state index contributed by atoms with van der Waals surface area (Å²) in [6, 6.07) is 5.38. The first kappa shape index (κ1) is 12.3. The lowest BCUT2D eigenvalue weighted by Gasteiger charge is -2.08. The Balaban J connectivity index is 1.94. The zero-order chi connectivity index (χ0) is 12.3. The summed E-state index contributed by atoms with van der Waals surface area (Å²) in [7, 11) is 1.98. The molecule has 5 heteroatoms. The van der Waals surface area contributed by atoms with E-state index in [4.69, 9.17) is 23.2 Å². The second-order valence-electron chi connectivity index (χ2n) is 3.76. The normalized spacial score (nSPS) is 10.5. The van der Waals surface area contributed by atoms with E-state index in [0.717, 1.165) is 24.5 Å². The summed E-state index contributed by atoms with van der Waals surface area (Å²) < 4.78 is 2.00. The van der Waals surface area contributed by atoms with Gasteiger partial charge in [-0.2, -0.15) is 0 Å². The molecule has 1 aromatic carbocycles. The summed E-state index contributed by atoms with van der Waals surface area (Å²) in [6.07, 6.45) is 4.57. The number of hydrogen-bond donors (Lipinski definition) is 1. The number of anilines is 1. The van der Waals surface area contributed by atoms with E-state index in [1.54, 1.807) is 18.3 Å². The van der Waals surface area contributed by atoms with Gasteiger partial charge in [0.05, 0.1) is 10.7 Å². The monoisotopic (exact) mass is 269 g/mol. The van der Waals surface area contributed by atoms with Crippen LogP contribution in [0.1, 0.15) is 5.82 Å². The first-order valence-corrected chi connectivity index (χ1v) is 6.07. The molecule has 0 aliphatic carbocycles. The Labute approximate surface area is 110 Å². The van der Waals surface area contributed by atoms with E-state index in [2.05, 4.69) is 10.3 Å². The summed E-state index contributed by atoms with van der Waals surface area (Å²) in [5.41, 5.74) is 0.855. The van der Waals surface area contributed by atoms with E-state index in [1.165, 1.54) is 0 Å². The Hall–Kier alpha value is -1.19. The lowest BCUT2D eigenvalue weighted by Crippen LogP contribution is -2.08. The van der Waals surface area contributed by atoms with E-state index in [-0.39, 0.29) is 0 Å². The van der Waals surface area contributed by atoms with E-state index in [0.29, 0.717) is 10.0 Å². The number of rotatable bonds is 4. The third kappa shape index (κ3) is 3.14. The smallest absolute Gasteiger partial charge is 0.110 e. The third-order valence-electron chi connectivity index (χ3n) is 2.51. The molecule has 17 heavy (non-hydrogen) atoms. The molecular formula is C12H13Cl2N3. The molecule has 0 saturated heterocycles. The molecule has 0 atom stereocenters. The van der Waals surface area contributed by atoms with Gasteiger partial charge in [-0.05, 0) is 18.2 Å². The van der Waals surface area contributed by atoms with Crippen LogP contribution in [0.2, 0.25) is 10.0 Å². The molecule has 0 amide bonds. The maximum absolute atomic E-state index is 6.05. The highest BCUT2D eigenvalue weighted by Crippen LogP contribution is 2.25. The molecule has 0 aliphatic rings. The molecule has 0 unspecified atom stereocenters. The number of hydrogen-bond acceptors (Lipinski definition) is 2. The van der Waals surface area contributed by atoms with Crippen LogP contribution < -0.4 is 5.32 Å². The number of imidazole rings is 1. The molecule has 0 aliphatic heterocycles. The van der Waals surface area contributed by atoms with Crippen molar-refractivity contribution in [3.05, 3.63) is 46.5 Å². The van der Waals surface area contributed by atoms with Crippen LogP contribution in [0.4, 0.5) is 5.69 Å². The maximum Gasteiger partial charge on any atom is 0.110 e. The van der Waals surface area contributed by atoms with Gasteiger partial charge in [0.1, 0.15) is 5.82 Å². The molecule has 1 N–H and O–H groups in total. The van der Waals surface area contributed by atoms with Crippen LogP contribution in [0.15, 0.2) is 30.6 Å². The van der Waals surface area contributed by atoms with Gasteiger partial charge in [-0.3, -0.25) is 0 Å². The fourth-order valence-electron chi connectivity index (χ4n) is 1.58. The second-order valence-corrected chi connectivity index (χ2v) is 4.60. The molecule has 0 fully saturated rings. The minimum Gasteiger partial charge on any atom is -0.383 e. The van der Waals surface area contributed by atoms with E-state index >= 15 is 0 Å². The van der Waals surface area contributed by atoms with Crippen LogP contribution in [-0.4, -0.2) is 16.1 Å². The number of halogens is 2. The standard InChI is InChI=1S/C12H13Cl2N3/c1-17-7-6-16-12(17)4-5-15-11-8-9(13)2-3-10(11)14/h2-3,6-8,15H,4-5H2,1H3. The molecule has 1 heterocycles. The zero-order valence-electron chi connectivity index (χ0n) is 9.45. The Kier molecular flexibility index (Phi) is 3.92. The molecule has 0 radical (unpaired) electrons. The lowest BCUT2D eigenvalue weighted by molar-refractivity contribution is 0.790. The van der Waals surface area contributed by atoms with Crippen LogP contribution in [0.25, 0.3) is 0 Å². The topological polar surface area (TPSA) is 29.9 Å². The van der Waals surface area contributed by atoms with E-state index in [9.17, 15) is 0 Å². The van der Waals surface area contributed by atoms with Crippen molar-refractivity contribution in [2.75, 3.05) is 11.9 Å². The minimum atomic E-state index is 0.675. The van der Waals surface area contributed by atoms with Gasteiger partial charge >= 0.3 is 0 Å². The van der Waals surface area contributed by atoms with Gasteiger partial charge < -0.3 is 9.88 Å². The van der Waals surface area contributed by atoms with Gasteiger partial charge in [-0.1, -0.05) is 23.2 Å². The van der Waals surface area contributed by atoms with Gasteiger partial charge in [0.25, 0.3) is 0 Å². The van der Waals surface area contributed by atoms with Gasteiger partial charge in [0, 0.05) is 37.4 Å². The lowest BCUT2D eigenvalue weighted by atomic mass is 10.3. The highest BCUT2D eigenvalue weighted by molar-refractivity contribution is 6.35. The van der Waals surface area contributed by atoms with Crippen molar-refractivity contribution in [2.45, 2.75) is 6.42 Å². The molecule has 0 bridgehead atoms. The number of nitrogens with zero attached hydrogens (tertiary/aromatic N) is 2. The van der Waals surface area contributed by atoms with Gasteiger partial charge in [0.15, 0.2) is 0 Å². The van der Waals surface area contributed by atoms with Crippen LogP contribution >= 0.6 is 23.2 Å². The minimum absolute atomic E-state index is 0.675. The fraction of sp³-hybridized carbons (Fsp3) is 0.250. The first-order valence-electron chi connectivity index (χ1n) is 5.32. The first-order chi connectivity index (χ1) is 8.16. The molecule has 90 valence electrons. The predicted molar refractivity (Wildman–Crippen MR) is 71.9 cm³/mol. The molecule has 2 rings (SSSR count). The van der Waals surface area contributed by atoms with E-state index in [1.807, 2.05) is 23.9 Å². The molecule has 2 aromatic rings. The SMILES string of the molecule is Cn1ccnc1CCNc1cc(Cl)ccc1Cl. The van der Waals surface area contributed by atoms with E-state index < -0.39 is 0 Å². The predicted octanol–water partition coefficient (Wildman–Crippen LogP) is 3.38. The van der Waals surface area contributed by atoms with Gasteiger partial charge in [0.2, 0.25) is 0 Å². The highest BCUT2D eigenvalue weighted by Gasteiger charge is 2.02.